The number of ether oxygens (including phenoxy) is 1. The maximum Gasteiger partial charge on any atom is 0.307 e. The highest BCUT2D eigenvalue weighted by Gasteiger charge is 2.30. The van der Waals surface area contributed by atoms with Gasteiger partial charge >= 0.3 is 5.97 Å². The molecule has 0 radical (unpaired) electrons. The quantitative estimate of drug-likeness (QED) is 0.917. The van der Waals surface area contributed by atoms with Gasteiger partial charge in [0.15, 0.2) is 0 Å². The monoisotopic (exact) mass is 277 g/mol. The average Bonchev–Trinajstić information content (AvgIpc) is 2.28. The largest absolute Gasteiger partial charge is 0.481 e. The summed E-state index contributed by atoms with van der Waals surface area (Å²) < 4.78 is 5.90. The van der Waals surface area contributed by atoms with Crippen molar-refractivity contribution >= 4 is 5.97 Å². The van der Waals surface area contributed by atoms with E-state index < -0.39 is 5.97 Å². The highest BCUT2D eigenvalue weighted by molar-refractivity contribution is 5.70. The first-order valence-corrected chi connectivity index (χ1v) is 7.04. The number of benzene rings is 1. The van der Waals surface area contributed by atoms with Crippen LogP contribution in [0.5, 0.6) is 0 Å². The van der Waals surface area contributed by atoms with Gasteiger partial charge in [-0.25, -0.2) is 0 Å². The fourth-order valence-corrected chi connectivity index (χ4v) is 2.90. The molecule has 20 heavy (non-hydrogen) atoms. The third kappa shape index (κ3) is 4.32. The van der Waals surface area contributed by atoms with Crippen LogP contribution in [0.3, 0.4) is 0 Å². The second-order valence-electron chi connectivity index (χ2n) is 6.24. The zero-order chi connectivity index (χ0) is 14.8. The van der Waals surface area contributed by atoms with Crippen molar-refractivity contribution in [3.8, 4) is 0 Å². The lowest BCUT2D eigenvalue weighted by atomic mass is 10.0. The van der Waals surface area contributed by atoms with E-state index in [9.17, 15) is 4.79 Å². The lowest BCUT2D eigenvalue weighted by molar-refractivity contribution is -0.136. The Hall–Kier alpha value is -1.39. The first-order chi connectivity index (χ1) is 9.34. The molecule has 1 heterocycles. The number of morpholine rings is 1. The van der Waals surface area contributed by atoms with Crippen LogP contribution in [0.25, 0.3) is 0 Å². The molecular formula is C16H23NO3. The van der Waals surface area contributed by atoms with Gasteiger partial charge < -0.3 is 9.84 Å². The first kappa shape index (κ1) is 15.0. The standard InChI is InChI=1S/C16H23NO3/c1-12-9-17(11-16(2,3)20-12)10-14-6-4-13(5-7-14)8-15(18)19/h4-7,12H,8-11H2,1-3H3,(H,18,19). The lowest BCUT2D eigenvalue weighted by Gasteiger charge is -2.41. The van der Waals surface area contributed by atoms with E-state index in [4.69, 9.17) is 9.84 Å². The van der Waals surface area contributed by atoms with E-state index in [1.807, 2.05) is 24.3 Å². The Kier molecular flexibility index (Phi) is 4.45. The minimum absolute atomic E-state index is 0.0852. The molecule has 1 fully saturated rings. The Morgan fingerprint density at radius 2 is 1.95 bits per heavy atom. The molecule has 4 heteroatoms. The molecule has 1 aromatic carbocycles. The molecular weight excluding hydrogens is 254 g/mol. The molecule has 1 atom stereocenters. The van der Waals surface area contributed by atoms with Gasteiger partial charge in [-0.1, -0.05) is 24.3 Å². The van der Waals surface area contributed by atoms with Crippen LogP contribution in [0, 0.1) is 0 Å². The van der Waals surface area contributed by atoms with Crippen LogP contribution in [0.2, 0.25) is 0 Å². The summed E-state index contributed by atoms with van der Waals surface area (Å²) in [6, 6.07) is 7.84. The van der Waals surface area contributed by atoms with E-state index in [1.165, 1.54) is 5.56 Å². The molecule has 4 nitrogen and oxygen atoms in total. The molecule has 1 aliphatic heterocycles. The van der Waals surface area contributed by atoms with Gasteiger partial charge in [0.05, 0.1) is 18.1 Å². The molecule has 2 rings (SSSR count). The van der Waals surface area contributed by atoms with Crippen LogP contribution < -0.4 is 0 Å². The molecule has 0 aliphatic carbocycles. The Labute approximate surface area is 120 Å². The molecule has 0 amide bonds. The van der Waals surface area contributed by atoms with Gasteiger partial charge in [-0.2, -0.15) is 0 Å². The van der Waals surface area contributed by atoms with E-state index in [2.05, 4.69) is 25.7 Å². The fourth-order valence-electron chi connectivity index (χ4n) is 2.90. The minimum atomic E-state index is -0.790. The van der Waals surface area contributed by atoms with Gasteiger partial charge in [0.2, 0.25) is 0 Å². The number of hydrogen-bond donors (Lipinski definition) is 1. The highest BCUT2D eigenvalue weighted by Crippen LogP contribution is 2.22. The van der Waals surface area contributed by atoms with Gasteiger partial charge in [0.1, 0.15) is 0 Å². The van der Waals surface area contributed by atoms with Crippen molar-refractivity contribution in [3.05, 3.63) is 35.4 Å². The SMILES string of the molecule is CC1CN(Cc2ccc(CC(=O)O)cc2)CC(C)(C)O1. The molecule has 1 unspecified atom stereocenters. The van der Waals surface area contributed by atoms with Crippen molar-refractivity contribution in [1.82, 2.24) is 4.90 Å². The van der Waals surface area contributed by atoms with Gasteiger partial charge in [-0.3, -0.25) is 9.69 Å². The normalized spacial score (nSPS) is 22.6. The van der Waals surface area contributed by atoms with Crippen molar-refractivity contribution in [2.24, 2.45) is 0 Å². The van der Waals surface area contributed by atoms with E-state index in [0.717, 1.165) is 25.2 Å². The molecule has 0 saturated carbocycles. The predicted molar refractivity (Wildman–Crippen MR) is 77.7 cm³/mol. The molecule has 1 saturated heterocycles. The van der Waals surface area contributed by atoms with Crippen molar-refractivity contribution < 1.29 is 14.6 Å². The van der Waals surface area contributed by atoms with E-state index in [0.29, 0.717) is 0 Å². The van der Waals surface area contributed by atoms with Crippen LogP contribution >= 0.6 is 0 Å². The number of carbonyl (C=O) groups is 1. The minimum Gasteiger partial charge on any atom is -0.481 e. The number of rotatable bonds is 4. The number of nitrogens with zero attached hydrogens (tertiary/aromatic N) is 1. The van der Waals surface area contributed by atoms with Crippen LogP contribution in [0.1, 0.15) is 31.9 Å². The summed E-state index contributed by atoms with van der Waals surface area (Å²) in [4.78, 5) is 13.0. The van der Waals surface area contributed by atoms with E-state index in [-0.39, 0.29) is 18.1 Å². The summed E-state index contributed by atoms with van der Waals surface area (Å²) in [6.45, 7) is 9.06. The van der Waals surface area contributed by atoms with Gasteiger partial charge in [-0.15, -0.1) is 0 Å². The second-order valence-corrected chi connectivity index (χ2v) is 6.24. The lowest BCUT2D eigenvalue weighted by Crippen LogP contribution is -2.51. The maximum atomic E-state index is 10.7. The zero-order valence-corrected chi connectivity index (χ0v) is 12.4. The second kappa shape index (κ2) is 5.94. The summed E-state index contributed by atoms with van der Waals surface area (Å²) in [5.74, 6) is -0.790. The Morgan fingerprint density at radius 1 is 1.35 bits per heavy atom. The molecule has 1 N–H and O–H groups in total. The van der Waals surface area contributed by atoms with Gasteiger partial charge in [0.25, 0.3) is 0 Å². The summed E-state index contributed by atoms with van der Waals surface area (Å²) in [5.41, 5.74) is 1.95. The van der Waals surface area contributed by atoms with Crippen LogP contribution in [-0.4, -0.2) is 40.8 Å². The number of carboxylic acid groups (broad SMARTS) is 1. The predicted octanol–water partition coefficient (Wildman–Crippen LogP) is 2.31. The number of carboxylic acids is 1. The average molecular weight is 277 g/mol. The Balaban J connectivity index is 1.97. The van der Waals surface area contributed by atoms with Crippen LogP contribution in [-0.2, 0) is 22.5 Å². The third-order valence-corrected chi connectivity index (χ3v) is 3.42. The zero-order valence-electron chi connectivity index (χ0n) is 12.4. The molecule has 1 aromatic rings. The fraction of sp³-hybridized carbons (Fsp3) is 0.562. The van der Waals surface area contributed by atoms with E-state index in [1.54, 1.807) is 0 Å². The highest BCUT2D eigenvalue weighted by atomic mass is 16.5. The molecule has 0 spiro atoms. The topological polar surface area (TPSA) is 49.8 Å². The van der Waals surface area contributed by atoms with Crippen molar-refractivity contribution in [2.75, 3.05) is 13.1 Å². The van der Waals surface area contributed by atoms with Crippen molar-refractivity contribution in [3.63, 3.8) is 0 Å². The first-order valence-electron chi connectivity index (χ1n) is 7.04. The summed E-state index contributed by atoms with van der Waals surface area (Å²) >= 11 is 0. The Morgan fingerprint density at radius 3 is 2.50 bits per heavy atom. The number of hydrogen-bond acceptors (Lipinski definition) is 3. The Bertz CT molecular complexity index is 467. The number of aliphatic carboxylic acids is 1. The van der Waals surface area contributed by atoms with Gasteiger partial charge in [0, 0.05) is 19.6 Å². The van der Waals surface area contributed by atoms with Crippen LogP contribution in [0.4, 0.5) is 0 Å². The van der Waals surface area contributed by atoms with E-state index >= 15 is 0 Å². The smallest absolute Gasteiger partial charge is 0.307 e. The van der Waals surface area contributed by atoms with Crippen LogP contribution in [0.15, 0.2) is 24.3 Å². The van der Waals surface area contributed by atoms with Gasteiger partial charge in [-0.05, 0) is 31.9 Å². The summed E-state index contributed by atoms with van der Waals surface area (Å²) in [6.07, 6.45) is 0.326. The summed E-state index contributed by atoms with van der Waals surface area (Å²) in [7, 11) is 0. The molecule has 0 bridgehead atoms. The molecule has 1 aliphatic rings. The molecule has 110 valence electrons. The maximum absolute atomic E-state index is 10.7. The molecule has 0 aromatic heterocycles. The summed E-state index contributed by atoms with van der Waals surface area (Å²) in [5, 5.41) is 8.76. The third-order valence-electron chi connectivity index (χ3n) is 3.42. The van der Waals surface area contributed by atoms with Crippen molar-refractivity contribution in [1.29, 1.82) is 0 Å². The van der Waals surface area contributed by atoms with Crippen molar-refractivity contribution in [2.45, 2.75) is 45.4 Å².